The SMILES string of the molecule is CC(C)(c1cccc(-c2[c-]ccc(F)c2)n1)c1cccc(-c2[c-]ccc(F)c2)n1.[Pt+2]. The summed E-state index contributed by atoms with van der Waals surface area (Å²) < 4.78 is 27.2. The fourth-order valence-corrected chi connectivity index (χ4v) is 3.17. The quantitative estimate of drug-likeness (QED) is 0.277. The summed E-state index contributed by atoms with van der Waals surface area (Å²) in [7, 11) is 0. The Bertz CT molecular complexity index is 1080. The molecule has 0 N–H and O–H groups in total. The van der Waals surface area contributed by atoms with E-state index in [-0.39, 0.29) is 32.7 Å². The zero-order chi connectivity index (χ0) is 20.4. The van der Waals surface area contributed by atoms with Crippen LogP contribution in [0.15, 0.2) is 72.8 Å². The zero-order valence-corrected chi connectivity index (χ0v) is 18.7. The second-order valence-corrected chi connectivity index (χ2v) is 7.28. The molecule has 0 bridgehead atoms. The molecule has 0 aliphatic heterocycles. The fraction of sp³-hybridized carbons (Fsp3) is 0.120. The number of nitrogens with zero attached hydrogens (tertiary/aromatic N) is 2. The zero-order valence-electron chi connectivity index (χ0n) is 16.4. The Morgan fingerprint density at radius 1 is 0.700 bits per heavy atom. The van der Waals surface area contributed by atoms with Crippen LogP contribution in [0.4, 0.5) is 8.78 Å². The van der Waals surface area contributed by atoms with E-state index >= 15 is 0 Å². The predicted octanol–water partition coefficient (Wildman–Crippen LogP) is 6.01. The van der Waals surface area contributed by atoms with Crippen LogP contribution in [-0.2, 0) is 26.5 Å². The molecule has 2 nitrogen and oxygen atoms in total. The van der Waals surface area contributed by atoms with E-state index in [1.165, 1.54) is 24.3 Å². The first-order chi connectivity index (χ1) is 13.9. The normalized spacial score (nSPS) is 11.1. The van der Waals surface area contributed by atoms with E-state index in [2.05, 4.69) is 12.1 Å². The number of hydrogen-bond acceptors (Lipinski definition) is 2. The summed E-state index contributed by atoms with van der Waals surface area (Å²) in [6, 6.07) is 26.0. The third-order valence-electron chi connectivity index (χ3n) is 4.86. The minimum Gasteiger partial charge on any atom is -0.300 e. The van der Waals surface area contributed by atoms with Gasteiger partial charge in [0.1, 0.15) is 0 Å². The summed E-state index contributed by atoms with van der Waals surface area (Å²) in [6.07, 6.45) is 0. The molecule has 30 heavy (non-hydrogen) atoms. The molecule has 2 heterocycles. The maximum atomic E-state index is 13.6. The molecular formula is C25H18F2N2Pt. The molecule has 0 unspecified atom stereocenters. The molecule has 2 aromatic carbocycles. The molecule has 4 rings (SSSR count). The van der Waals surface area contributed by atoms with Gasteiger partial charge in [-0.3, -0.25) is 0 Å². The molecular weight excluding hydrogens is 561 g/mol. The molecule has 0 spiro atoms. The van der Waals surface area contributed by atoms with Crippen molar-refractivity contribution in [3.8, 4) is 22.5 Å². The Hall–Kier alpha value is -2.71. The number of hydrogen-bond donors (Lipinski definition) is 0. The molecule has 5 heteroatoms. The molecule has 0 atom stereocenters. The first-order valence-corrected chi connectivity index (χ1v) is 9.24. The van der Waals surface area contributed by atoms with E-state index in [0.717, 1.165) is 11.4 Å². The van der Waals surface area contributed by atoms with Crippen LogP contribution in [0.3, 0.4) is 0 Å². The number of rotatable bonds is 4. The summed E-state index contributed by atoms with van der Waals surface area (Å²) in [4.78, 5) is 9.49. The van der Waals surface area contributed by atoms with Crippen molar-refractivity contribution in [2.45, 2.75) is 19.3 Å². The summed E-state index contributed by atoms with van der Waals surface area (Å²) in [6.45, 7) is 4.05. The van der Waals surface area contributed by atoms with Crippen LogP contribution in [0.1, 0.15) is 25.2 Å². The average molecular weight is 580 g/mol. The van der Waals surface area contributed by atoms with Crippen LogP contribution in [0.25, 0.3) is 22.5 Å². The van der Waals surface area contributed by atoms with E-state index in [9.17, 15) is 8.78 Å². The number of halogens is 2. The molecule has 0 fully saturated rings. The van der Waals surface area contributed by atoms with Crippen molar-refractivity contribution in [1.29, 1.82) is 0 Å². The van der Waals surface area contributed by atoms with Gasteiger partial charge in [-0.1, -0.05) is 24.3 Å². The van der Waals surface area contributed by atoms with Crippen molar-refractivity contribution >= 4 is 0 Å². The van der Waals surface area contributed by atoms with Crippen molar-refractivity contribution in [1.82, 2.24) is 9.97 Å². The van der Waals surface area contributed by atoms with Crippen LogP contribution in [0.2, 0.25) is 0 Å². The van der Waals surface area contributed by atoms with Crippen molar-refractivity contribution in [3.05, 3.63) is 108 Å². The second kappa shape index (κ2) is 8.97. The largest absolute Gasteiger partial charge is 2.00 e. The smallest absolute Gasteiger partial charge is 0.300 e. The van der Waals surface area contributed by atoms with Gasteiger partial charge in [-0.05, 0) is 37.4 Å². The summed E-state index contributed by atoms with van der Waals surface area (Å²) >= 11 is 0. The van der Waals surface area contributed by atoms with E-state index < -0.39 is 5.41 Å². The van der Waals surface area contributed by atoms with Crippen molar-refractivity contribution in [2.24, 2.45) is 0 Å². The van der Waals surface area contributed by atoms with E-state index in [1.54, 1.807) is 12.1 Å². The maximum Gasteiger partial charge on any atom is 2.00 e. The van der Waals surface area contributed by atoms with Gasteiger partial charge >= 0.3 is 21.1 Å². The summed E-state index contributed by atoms with van der Waals surface area (Å²) in [5, 5.41) is 0. The second-order valence-electron chi connectivity index (χ2n) is 7.28. The molecule has 2 aromatic heterocycles. The van der Waals surface area contributed by atoms with Crippen molar-refractivity contribution in [2.75, 3.05) is 0 Å². The summed E-state index contributed by atoms with van der Waals surface area (Å²) in [5.41, 5.74) is 3.54. The van der Waals surface area contributed by atoms with Crippen LogP contribution in [0.5, 0.6) is 0 Å². The van der Waals surface area contributed by atoms with E-state index in [1.807, 2.05) is 50.2 Å². The molecule has 152 valence electrons. The molecule has 0 aliphatic carbocycles. The molecule has 0 aliphatic rings. The van der Waals surface area contributed by atoms with Gasteiger partial charge < -0.3 is 9.97 Å². The number of pyridine rings is 2. The summed E-state index contributed by atoms with van der Waals surface area (Å²) in [5.74, 6) is -0.656. The van der Waals surface area contributed by atoms with Crippen LogP contribution in [-0.4, -0.2) is 9.97 Å². The van der Waals surface area contributed by atoms with E-state index in [4.69, 9.17) is 9.97 Å². The molecule has 4 aromatic rings. The molecule has 0 saturated carbocycles. The van der Waals surface area contributed by atoms with Gasteiger partial charge in [-0.25, -0.2) is 8.78 Å². The Labute approximate surface area is 189 Å². The first kappa shape index (κ1) is 22.0. The van der Waals surface area contributed by atoms with E-state index in [0.29, 0.717) is 22.5 Å². The van der Waals surface area contributed by atoms with Gasteiger partial charge in [0, 0.05) is 28.4 Å². The maximum absolute atomic E-state index is 13.6. The van der Waals surface area contributed by atoms with Crippen LogP contribution >= 0.6 is 0 Å². The molecule has 0 saturated heterocycles. The van der Waals surface area contributed by atoms with Crippen molar-refractivity contribution in [3.63, 3.8) is 0 Å². The first-order valence-electron chi connectivity index (χ1n) is 9.24. The third-order valence-corrected chi connectivity index (χ3v) is 4.86. The van der Waals surface area contributed by atoms with Gasteiger partial charge in [0.15, 0.2) is 0 Å². The molecule has 0 amide bonds. The minimum atomic E-state index is -0.521. The van der Waals surface area contributed by atoms with Gasteiger partial charge in [-0.2, -0.15) is 0 Å². The Morgan fingerprint density at radius 3 is 1.53 bits per heavy atom. The Balaban J connectivity index is 0.00000256. The third kappa shape index (κ3) is 4.55. The monoisotopic (exact) mass is 579 g/mol. The molecule has 0 radical (unpaired) electrons. The standard InChI is InChI=1S/C25H18F2N2.Pt/c1-25(2,23-13-5-11-21(28-23)17-7-3-9-19(26)15-17)24-14-6-12-22(29-24)18-8-4-10-20(27)16-18;/h3-6,9-16H,1-2H3;/q-2;+2. The number of benzene rings is 2. The number of aromatic nitrogens is 2. The van der Waals surface area contributed by atoms with Gasteiger partial charge in [-0.15, -0.1) is 59.7 Å². The van der Waals surface area contributed by atoms with Gasteiger partial charge in [0.25, 0.3) is 0 Å². The minimum absolute atomic E-state index is 0. The topological polar surface area (TPSA) is 25.8 Å². The fourth-order valence-electron chi connectivity index (χ4n) is 3.17. The van der Waals surface area contributed by atoms with Crippen LogP contribution in [0, 0.1) is 23.8 Å². The van der Waals surface area contributed by atoms with Crippen LogP contribution < -0.4 is 0 Å². The van der Waals surface area contributed by atoms with Gasteiger partial charge in [0.05, 0.1) is 0 Å². The predicted molar refractivity (Wildman–Crippen MR) is 109 cm³/mol. The Morgan fingerprint density at radius 2 is 1.13 bits per heavy atom. The van der Waals surface area contributed by atoms with Crippen molar-refractivity contribution < 1.29 is 29.8 Å². The van der Waals surface area contributed by atoms with Gasteiger partial charge in [0.2, 0.25) is 0 Å². The Kier molecular flexibility index (Phi) is 6.57. The average Bonchev–Trinajstić information content (AvgIpc) is 2.74.